The third kappa shape index (κ3) is 8.37. The third-order valence-corrected chi connectivity index (χ3v) is 12.0. The summed E-state index contributed by atoms with van der Waals surface area (Å²) in [5.74, 6) is 0.415. The Morgan fingerprint density at radius 2 is 1.80 bits per heavy atom. The van der Waals surface area contributed by atoms with Crippen LogP contribution in [0, 0.1) is 0 Å². The first-order chi connectivity index (χ1) is 19.3. The fourth-order valence-corrected chi connectivity index (χ4v) is 7.67. The number of ether oxygens (including phenoxy) is 2. The molecular formula is C29H41ClN4O6Si. The number of rotatable bonds is 12. The molecule has 0 radical (unpaired) electrons. The van der Waals surface area contributed by atoms with E-state index in [2.05, 4.69) is 25.9 Å². The number of aromatic nitrogens is 2. The zero-order valence-corrected chi connectivity index (χ0v) is 26.4. The van der Waals surface area contributed by atoms with Gasteiger partial charge in [0, 0.05) is 17.1 Å². The van der Waals surface area contributed by atoms with Crippen LogP contribution in [0.5, 0.6) is 5.75 Å². The lowest BCUT2D eigenvalue weighted by Crippen LogP contribution is -2.45. The van der Waals surface area contributed by atoms with Crippen LogP contribution in [0.4, 0.5) is 15.3 Å². The molecule has 0 saturated carbocycles. The Kier molecular flexibility index (Phi) is 10.7. The number of nitrogen functional groups attached to an aromatic ring is 1. The second-order valence-corrected chi connectivity index (χ2v) is 16.0. The summed E-state index contributed by atoms with van der Waals surface area (Å²) in [5, 5.41) is 13.9. The van der Waals surface area contributed by atoms with Crippen LogP contribution in [0.3, 0.4) is 0 Å². The molecule has 0 aliphatic carbocycles. The maximum absolute atomic E-state index is 13.4. The van der Waals surface area contributed by atoms with Gasteiger partial charge in [-0.1, -0.05) is 44.5 Å². The van der Waals surface area contributed by atoms with Crippen molar-refractivity contribution < 1.29 is 28.6 Å². The van der Waals surface area contributed by atoms with Crippen molar-refractivity contribution in [3.8, 4) is 5.75 Å². The van der Waals surface area contributed by atoms with Crippen molar-refractivity contribution in [2.75, 3.05) is 25.4 Å². The van der Waals surface area contributed by atoms with Crippen molar-refractivity contribution in [3.05, 3.63) is 53.2 Å². The predicted octanol–water partition coefficient (Wildman–Crippen LogP) is 7.18. The molecule has 0 fully saturated rings. The van der Waals surface area contributed by atoms with E-state index < -0.39 is 32.2 Å². The number of nitrogens with zero attached hydrogens (tertiary/aromatic N) is 3. The molecule has 1 unspecified atom stereocenters. The molecule has 0 aliphatic heterocycles. The van der Waals surface area contributed by atoms with E-state index in [1.165, 1.54) is 0 Å². The van der Waals surface area contributed by atoms with Gasteiger partial charge in [0.1, 0.15) is 18.0 Å². The van der Waals surface area contributed by atoms with Gasteiger partial charge in [-0.15, -0.1) is 5.10 Å². The van der Waals surface area contributed by atoms with Crippen LogP contribution in [0.15, 0.2) is 42.5 Å². The number of halogens is 1. The summed E-state index contributed by atoms with van der Waals surface area (Å²) in [6, 6.07) is 15.3. The number of carbonyl (C=O) groups is 2. The van der Waals surface area contributed by atoms with Gasteiger partial charge in [0.05, 0.1) is 24.7 Å². The van der Waals surface area contributed by atoms with E-state index in [4.69, 9.17) is 31.2 Å². The average Bonchev–Trinajstić information content (AvgIpc) is 3.25. The van der Waals surface area contributed by atoms with Gasteiger partial charge in [0.25, 0.3) is 0 Å². The number of carbonyl (C=O) groups excluding carboxylic acids is 1. The Hall–Kier alpha value is -3.28. The van der Waals surface area contributed by atoms with Crippen molar-refractivity contribution in [2.24, 2.45) is 0 Å². The number of benzene rings is 2. The Morgan fingerprint density at radius 3 is 2.39 bits per heavy atom. The number of anilines is 1. The van der Waals surface area contributed by atoms with Gasteiger partial charge in [-0.3, -0.25) is 0 Å². The molecule has 3 aromatic rings. The van der Waals surface area contributed by atoms with Crippen molar-refractivity contribution >= 4 is 48.7 Å². The first kappa shape index (κ1) is 32.2. The molecule has 12 heteroatoms. The number of hydrogen-bond acceptors (Lipinski definition) is 7. The SMILES string of the molecule is CC[Si](CC)(CC)OC(CN(CCOc1ccc2c(Cl)nn(C(=O)O)c2c1)C(=O)OC(C)(C)C)c1cccc(N)c1. The Balaban J connectivity index is 1.87. The van der Waals surface area contributed by atoms with E-state index in [1.807, 2.05) is 45.0 Å². The van der Waals surface area contributed by atoms with Gasteiger partial charge in [0.2, 0.25) is 0 Å². The zero-order valence-electron chi connectivity index (χ0n) is 24.6. The molecule has 0 bridgehead atoms. The highest BCUT2D eigenvalue weighted by Gasteiger charge is 2.35. The van der Waals surface area contributed by atoms with Gasteiger partial charge < -0.3 is 29.6 Å². The van der Waals surface area contributed by atoms with Gasteiger partial charge in [0.15, 0.2) is 13.5 Å². The van der Waals surface area contributed by atoms with E-state index in [-0.39, 0.29) is 24.8 Å². The second-order valence-electron chi connectivity index (χ2n) is 11.0. The summed E-state index contributed by atoms with van der Waals surface area (Å²) < 4.78 is 19.4. The molecule has 1 amide bonds. The third-order valence-electron chi connectivity index (χ3n) is 7.06. The number of fused-ring (bicyclic) bond motifs is 1. The zero-order chi connectivity index (χ0) is 30.4. The van der Waals surface area contributed by atoms with Crippen LogP contribution < -0.4 is 10.5 Å². The number of nitrogens with two attached hydrogens (primary N) is 1. The fourth-order valence-electron chi connectivity index (χ4n) is 4.62. The van der Waals surface area contributed by atoms with E-state index in [1.54, 1.807) is 23.1 Å². The quantitative estimate of drug-likeness (QED) is 0.164. The molecule has 1 heterocycles. The molecular weight excluding hydrogens is 564 g/mol. The summed E-state index contributed by atoms with van der Waals surface area (Å²) in [6.45, 7) is 12.5. The van der Waals surface area contributed by atoms with Crippen LogP contribution in [-0.4, -0.2) is 65.6 Å². The van der Waals surface area contributed by atoms with E-state index >= 15 is 0 Å². The molecule has 3 N–H and O–H groups in total. The predicted molar refractivity (Wildman–Crippen MR) is 163 cm³/mol. The molecule has 2 aromatic carbocycles. The van der Waals surface area contributed by atoms with Crippen LogP contribution in [-0.2, 0) is 9.16 Å². The Morgan fingerprint density at radius 1 is 1.12 bits per heavy atom. The lowest BCUT2D eigenvalue weighted by atomic mass is 10.1. The van der Waals surface area contributed by atoms with Crippen molar-refractivity contribution in [2.45, 2.75) is 71.4 Å². The number of carboxylic acid groups (broad SMARTS) is 1. The highest BCUT2D eigenvalue weighted by molar-refractivity contribution is 6.73. The summed E-state index contributed by atoms with van der Waals surface area (Å²) in [4.78, 5) is 26.6. The van der Waals surface area contributed by atoms with Crippen molar-refractivity contribution in [3.63, 3.8) is 0 Å². The molecule has 224 valence electrons. The van der Waals surface area contributed by atoms with Crippen LogP contribution >= 0.6 is 11.6 Å². The number of amides is 1. The van der Waals surface area contributed by atoms with E-state index in [0.717, 1.165) is 28.4 Å². The fraction of sp³-hybridized carbons (Fsp3) is 0.483. The van der Waals surface area contributed by atoms with Gasteiger partial charge in [-0.05, 0) is 68.7 Å². The molecule has 1 atom stereocenters. The summed E-state index contributed by atoms with van der Waals surface area (Å²) in [7, 11) is -2.07. The molecule has 41 heavy (non-hydrogen) atoms. The summed E-state index contributed by atoms with van der Waals surface area (Å²) in [5.41, 5.74) is 7.25. The summed E-state index contributed by atoms with van der Waals surface area (Å²) in [6.07, 6.45) is -2.14. The monoisotopic (exact) mass is 604 g/mol. The number of hydrogen-bond donors (Lipinski definition) is 2. The van der Waals surface area contributed by atoms with Gasteiger partial charge in [-0.25, -0.2) is 9.59 Å². The Labute approximate surface area is 247 Å². The molecule has 1 aromatic heterocycles. The van der Waals surface area contributed by atoms with Crippen molar-refractivity contribution in [1.82, 2.24) is 14.7 Å². The molecule has 0 aliphatic rings. The molecule has 3 rings (SSSR count). The molecule has 0 saturated heterocycles. The van der Waals surface area contributed by atoms with Crippen LogP contribution in [0.25, 0.3) is 10.9 Å². The molecule has 10 nitrogen and oxygen atoms in total. The lowest BCUT2D eigenvalue weighted by molar-refractivity contribution is 0.0131. The van der Waals surface area contributed by atoms with Crippen molar-refractivity contribution in [1.29, 1.82) is 0 Å². The first-order valence-electron chi connectivity index (χ1n) is 13.9. The largest absolute Gasteiger partial charge is 0.492 e. The van der Waals surface area contributed by atoms with Gasteiger partial charge in [-0.2, -0.15) is 4.68 Å². The second kappa shape index (κ2) is 13.6. The first-order valence-corrected chi connectivity index (χ1v) is 16.8. The maximum Gasteiger partial charge on any atom is 0.432 e. The highest BCUT2D eigenvalue weighted by Crippen LogP contribution is 2.32. The normalized spacial score (nSPS) is 12.8. The Bertz CT molecular complexity index is 1350. The lowest BCUT2D eigenvalue weighted by Gasteiger charge is -2.36. The molecule has 0 spiro atoms. The minimum absolute atomic E-state index is 0.0866. The maximum atomic E-state index is 13.4. The van der Waals surface area contributed by atoms with E-state index in [9.17, 15) is 14.7 Å². The summed E-state index contributed by atoms with van der Waals surface area (Å²) >= 11 is 6.08. The standard InChI is InChI=1S/C29H41ClN4O6Si/c1-7-41(8-2,9-3)40-25(20-11-10-12-21(31)17-20)19-33(28(37)39-29(4,5)6)15-16-38-22-13-14-23-24(18-22)34(27(35)36)32-26(23)30/h10-14,17-18,25H,7-9,15-16,19,31H2,1-6H3,(H,35,36). The minimum Gasteiger partial charge on any atom is -0.492 e. The smallest absolute Gasteiger partial charge is 0.432 e. The highest BCUT2D eigenvalue weighted by atomic mass is 35.5. The topological polar surface area (TPSA) is 129 Å². The van der Waals surface area contributed by atoms with Crippen LogP contribution in [0.2, 0.25) is 23.3 Å². The average molecular weight is 605 g/mol. The minimum atomic E-state index is -2.07. The van der Waals surface area contributed by atoms with Crippen LogP contribution in [0.1, 0.15) is 53.2 Å². The van der Waals surface area contributed by atoms with E-state index in [0.29, 0.717) is 22.3 Å². The van der Waals surface area contributed by atoms with Gasteiger partial charge >= 0.3 is 12.2 Å².